The number of alkyl carbamates (subject to hydrolysis) is 1. The first-order valence-corrected chi connectivity index (χ1v) is 9.35. The fraction of sp³-hybridized carbons (Fsp3) is 0.190. The smallest absolute Gasteiger partial charge is 0.443 e. The summed E-state index contributed by atoms with van der Waals surface area (Å²) in [4.78, 5) is 27.5. The van der Waals surface area contributed by atoms with Gasteiger partial charge in [-0.05, 0) is 35.4 Å². The van der Waals surface area contributed by atoms with E-state index in [2.05, 4.69) is 26.9 Å². The van der Waals surface area contributed by atoms with Crippen LogP contribution in [0.5, 0.6) is 5.75 Å². The number of hydrogen-bond acceptors (Lipinski definition) is 6. The summed E-state index contributed by atoms with van der Waals surface area (Å²) in [5.74, 6) is -0.776. The standard InChI is InChI=1S/C21H16F3N3O5/c1-2-16(28)25-8-12-7-14(11-3-5-13(6-4-11)32-21(22,23)24)18-19(30-10-27-18)17(12)15-9-26-20(29)31-15/h2-7,10,15H,1,8-9H2,(H,25,28)(H,26,29)/t15-/m0/s1. The van der Waals surface area contributed by atoms with Crippen LogP contribution in [-0.2, 0) is 16.1 Å². The lowest BCUT2D eigenvalue weighted by Gasteiger charge is -2.17. The van der Waals surface area contributed by atoms with Gasteiger partial charge in [-0.15, -0.1) is 13.2 Å². The Kier molecular flexibility index (Phi) is 5.47. The summed E-state index contributed by atoms with van der Waals surface area (Å²) in [7, 11) is 0. The van der Waals surface area contributed by atoms with Crippen LogP contribution < -0.4 is 15.4 Å². The summed E-state index contributed by atoms with van der Waals surface area (Å²) < 4.78 is 52.2. The average molecular weight is 447 g/mol. The molecule has 2 N–H and O–H groups in total. The third-order valence-electron chi connectivity index (χ3n) is 4.77. The van der Waals surface area contributed by atoms with Crippen molar-refractivity contribution >= 4 is 23.1 Å². The Balaban J connectivity index is 1.79. The molecule has 0 unspecified atom stereocenters. The molecule has 1 aromatic heterocycles. The second-order valence-electron chi connectivity index (χ2n) is 6.80. The van der Waals surface area contributed by atoms with Gasteiger partial charge in [-0.2, -0.15) is 0 Å². The number of benzene rings is 2. The Bertz CT molecular complexity index is 1190. The Morgan fingerprint density at radius 2 is 2.09 bits per heavy atom. The Hall–Kier alpha value is -4.02. The van der Waals surface area contributed by atoms with Gasteiger partial charge < -0.3 is 24.5 Å². The van der Waals surface area contributed by atoms with Gasteiger partial charge in [-0.3, -0.25) is 4.79 Å². The molecule has 2 amide bonds. The molecule has 0 aliphatic carbocycles. The van der Waals surface area contributed by atoms with E-state index < -0.39 is 24.5 Å². The fourth-order valence-electron chi connectivity index (χ4n) is 3.45. The van der Waals surface area contributed by atoms with Gasteiger partial charge in [0.2, 0.25) is 5.91 Å². The summed E-state index contributed by atoms with van der Waals surface area (Å²) in [6.07, 6.45) is -3.73. The van der Waals surface area contributed by atoms with E-state index in [9.17, 15) is 22.8 Å². The van der Waals surface area contributed by atoms with Crippen molar-refractivity contribution < 1.29 is 36.7 Å². The minimum absolute atomic E-state index is 0.0626. The molecular formula is C21H16F3N3O5. The van der Waals surface area contributed by atoms with Crippen LogP contribution in [0.2, 0.25) is 0 Å². The van der Waals surface area contributed by atoms with Gasteiger partial charge in [-0.1, -0.05) is 18.7 Å². The van der Waals surface area contributed by atoms with Gasteiger partial charge in [0.1, 0.15) is 11.3 Å². The molecule has 1 aliphatic heterocycles. The molecular weight excluding hydrogens is 431 g/mol. The van der Waals surface area contributed by atoms with Gasteiger partial charge in [0.25, 0.3) is 0 Å². The van der Waals surface area contributed by atoms with Crippen LogP contribution in [0.15, 0.2) is 53.8 Å². The molecule has 3 aromatic rings. The second kappa shape index (κ2) is 8.25. The van der Waals surface area contributed by atoms with Crippen molar-refractivity contribution in [1.29, 1.82) is 0 Å². The normalized spacial score (nSPS) is 15.8. The van der Waals surface area contributed by atoms with Gasteiger partial charge in [0.15, 0.2) is 18.1 Å². The van der Waals surface area contributed by atoms with Gasteiger partial charge >= 0.3 is 12.5 Å². The lowest BCUT2D eigenvalue weighted by atomic mass is 9.94. The highest BCUT2D eigenvalue weighted by Gasteiger charge is 2.32. The van der Waals surface area contributed by atoms with Crippen molar-refractivity contribution in [2.45, 2.75) is 19.0 Å². The number of rotatable bonds is 6. The summed E-state index contributed by atoms with van der Waals surface area (Å²) >= 11 is 0. The molecule has 0 bridgehead atoms. The van der Waals surface area contributed by atoms with E-state index in [1.54, 1.807) is 6.07 Å². The molecule has 11 heteroatoms. The lowest BCUT2D eigenvalue weighted by Crippen LogP contribution is -2.22. The number of aromatic nitrogens is 1. The molecule has 166 valence electrons. The second-order valence-corrected chi connectivity index (χ2v) is 6.80. The number of ether oxygens (including phenoxy) is 2. The number of carbonyl (C=O) groups is 2. The quantitative estimate of drug-likeness (QED) is 0.555. The van der Waals surface area contributed by atoms with E-state index >= 15 is 0 Å². The fourth-order valence-corrected chi connectivity index (χ4v) is 3.45. The maximum atomic E-state index is 12.5. The summed E-state index contributed by atoms with van der Waals surface area (Å²) in [6.45, 7) is 3.67. The van der Waals surface area contributed by atoms with Gasteiger partial charge in [0, 0.05) is 17.7 Å². The minimum Gasteiger partial charge on any atom is -0.443 e. The molecule has 0 radical (unpaired) electrons. The van der Waals surface area contributed by atoms with Crippen molar-refractivity contribution in [2.24, 2.45) is 0 Å². The van der Waals surface area contributed by atoms with E-state index in [1.807, 2.05) is 0 Å². The number of nitrogens with zero attached hydrogens (tertiary/aromatic N) is 1. The highest BCUT2D eigenvalue weighted by atomic mass is 19.4. The number of alkyl halides is 3. The topological polar surface area (TPSA) is 103 Å². The van der Waals surface area contributed by atoms with E-state index in [4.69, 9.17) is 9.15 Å². The third kappa shape index (κ3) is 4.36. The molecule has 0 spiro atoms. The first kappa shape index (κ1) is 21.2. The number of nitrogens with one attached hydrogen (secondary N) is 2. The van der Waals surface area contributed by atoms with E-state index in [1.165, 1.54) is 30.7 Å². The monoisotopic (exact) mass is 447 g/mol. The highest BCUT2D eigenvalue weighted by molar-refractivity contribution is 5.94. The first-order chi connectivity index (χ1) is 15.2. The van der Waals surface area contributed by atoms with Crippen LogP contribution in [0.3, 0.4) is 0 Å². The number of oxazole rings is 1. The average Bonchev–Trinajstić information content (AvgIpc) is 3.40. The number of fused-ring (bicyclic) bond motifs is 1. The maximum Gasteiger partial charge on any atom is 0.573 e. The van der Waals surface area contributed by atoms with Crippen molar-refractivity contribution in [3.05, 3.63) is 60.5 Å². The molecule has 0 saturated carbocycles. The van der Waals surface area contributed by atoms with Crippen molar-refractivity contribution in [3.63, 3.8) is 0 Å². The van der Waals surface area contributed by atoms with Crippen LogP contribution in [0.4, 0.5) is 18.0 Å². The molecule has 4 rings (SSSR count). The van der Waals surface area contributed by atoms with Crippen molar-refractivity contribution in [3.8, 4) is 16.9 Å². The van der Waals surface area contributed by atoms with Crippen LogP contribution >= 0.6 is 0 Å². The number of halogens is 3. The lowest BCUT2D eigenvalue weighted by molar-refractivity contribution is -0.274. The van der Waals surface area contributed by atoms with Gasteiger partial charge in [-0.25, -0.2) is 9.78 Å². The number of carbonyl (C=O) groups excluding carboxylic acids is 2. The summed E-state index contributed by atoms with van der Waals surface area (Å²) in [5.41, 5.74) is 2.96. The molecule has 2 heterocycles. The van der Waals surface area contributed by atoms with Gasteiger partial charge in [0.05, 0.1) is 6.54 Å². The zero-order chi connectivity index (χ0) is 22.9. The molecule has 1 atom stereocenters. The number of cyclic esters (lactones) is 1. The Labute approximate surface area is 179 Å². The van der Waals surface area contributed by atoms with Crippen LogP contribution in [0.1, 0.15) is 17.2 Å². The van der Waals surface area contributed by atoms with E-state index in [0.29, 0.717) is 33.4 Å². The van der Waals surface area contributed by atoms with Crippen molar-refractivity contribution in [2.75, 3.05) is 6.54 Å². The molecule has 8 nitrogen and oxygen atoms in total. The van der Waals surface area contributed by atoms with Crippen LogP contribution in [0, 0.1) is 0 Å². The summed E-state index contributed by atoms with van der Waals surface area (Å²) in [5, 5.41) is 5.24. The maximum absolute atomic E-state index is 12.5. The molecule has 1 fully saturated rings. The predicted molar refractivity (Wildman–Crippen MR) is 105 cm³/mol. The zero-order valence-corrected chi connectivity index (χ0v) is 16.4. The third-order valence-corrected chi connectivity index (χ3v) is 4.77. The summed E-state index contributed by atoms with van der Waals surface area (Å²) in [6, 6.07) is 6.99. The Morgan fingerprint density at radius 3 is 2.72 bits per heavy atom. The molecule has 1 saturated heterocycles. The van der Waals surface area contributed by atoms with E-state index in [-0.39, 0.29) is 18.8 Å². The molecule has 32 heavy (non-hydrogen) atoms. The molecule has 1 aliphatic rings. The van der Waals surface area contributed by atoms with Crippen LogP contribution in [0.25, 0.3) is 22.2 Å². The molecule has 2 aromatic carbocycles. The predicted octanol–water partition coefficient (Wildman–Crippen LogP) is 3.98. The SMILES string of the molecule is C=CC(=O)NCc1cc(-c2ccc(OC(F)(F)F)cc2)c2ncoc2c1[C@@H]1CNC(=O)O1. The largest absolute Gasteiger partial charge is 0.573 e. The number of hydrogen-bond donors (Lipinski definition) is 2. The Morgan fingerprint density at radius 1 is 1.34 bits per heavy atom. The van der Waals surface area contributed by atoms with E-state index in [0.717, 1.165) is 6.08 Å². The van der Waals surface area contributed by atoms with Crippen molar-refractivity contribution in [1.82, 2.24) is 15.6 Å². The van der Waals surface area contributed by atoms with Crippen LogP contribution in [-0.4, -0.2) is 29.9 Å². The minimum atomic E-state index is -4.80. The number of amides is 2. The zero-order valence-electron chi connectivity index (χ0n) is 16.4. The first-order valence-electron chi connectivity index (χ1n) is 9.35. The highest BCUT2D eigenvalue weighted by Crippen LogP contribution is 2.38.